The number of hydrogen-bond acceptors (Lipinski definition) is 1. The Morgan fingerprint density at radius 2 is 0.925 bits per heavy atom. The lowest BCUT2D eigenvalue weighted by Crippen LogP contribution is -2.16. The zero-order chi connectivity index (χ0) is 34.1. The van der Waals surface area contributed by atoms with E-state index in [9.17, 15) is 5.48 Å². The number of fused-ring (bicyclic) bond motifs is 3. The normalized spacial score (nSPS) is 15.8. The first kappa shape index (κ1) is 16.9. The van der Waals surface area contributed by atoms with Crippen molar-refractivity contribution >= 4 is 17.1 Å². The van der Waals surface area contributed by atoms with E-state index in [2.05, 4.69) is 26.0 Å². The van der Waals surface area contributed by atoms with E-state index in [4.69, 9.17) is 5.48 Å². The van der Waals surface area contributed by atoms with E-state index in [0.29, 0.717) is 16.8 Å². The highest BCUT2D eigenvalue weighted by Crippen LogP contribution is 2.50. The van der Waals surface area contributed by atoms with Gasteiger partial charge in [0.25, 0.3) is 0 Å². The second-order valence-corrected chi connectivity index (χ2v) is 10.4. The van der Waals surface area contributed by atoms with E-state index >= 15 is 0 Å². The molecule has 0 aromatic heterocycles. The molecule has 6 aromatic carbocycles. The molecule has 0 saturated heterocycles. The van der Waals surface area contributed by atoms with E-state index in [1.807, 2.05) is 36.4 Å². The second kappa shape index (κ2) is 9.70. The summed E-state index contributed by atoms with van der Waals surface area (Å²) in [6.45, 7) is 4.22. The summed E-state index contributed by atoms with van der Waals surface area (Å²) in [5.74, 6) is 0. The summed E-state index contributed by atoms with van der Waals surface area (Å²) in [5, 5.41) is 0. The molecule has 0 saturated carbocycles. The van der Waals surface area contributed by atoms with Crippen molar-refractivity contribution in [2.45, 2.75) is 19.3 Å². The summed E-state index contributed by atoms with van der Waals surface area (Å²) >= 11 is 0. The average Bonchev–Trinajstić information content (AvgIpc) is 3.32. The largest absolute Gasteiger partial charge is 0.310 e. The second-order valence-electron chi connectivity index (χ2n) is 10.4. The predicted octanol–water partition coefficient (Wildman–Crippen LogP) is 10.8. The third kappa shape index (κ3) is 4.12. The minimum absolute atomic E-state index is 0.138. The van der Waals surface area contributed by atoms with Crippen molar-refractivity contribution in [3.05, 3.63) is 163 Å². The first-order valence-electron chi connectivity index (χ1n) is 17.3. The van der Waals surface area contributed by atoms with E-state index < -0.39 is 5.41 Å². The van der Waals surface area contributed by atoms with Gasteiger partial charge in [-0.1, -0.05) is 129 Å². The molecular formula is C39H31N. The summed E-state index contributed by atoms with van der Waals surface area (Å²) in [7, 11) is 0. The molecule has 0 N–H and O–H groups in total. The van der Waals surface area contributed by atoms with E-state index in [-0.39, 0.29) is 70.8 Å². The Kier molecular flexibility index (Phi) is 4.11. The molecule has 6 aromatic rings. The van der Waals surface area contributed by atoms with E-state index in [0.717, 1.165) is 22.3 Å². The third-order valence-corrected chi connectivity index (χ3v) is 7.62. The quantitative estimate of drug-likeness (QED) is 0.218. The minimum atomic E-state index is -0.425. The standard InChI is InChI=1S/C39H31N/c1-39(2)37-16-10-9-15-35(37)36-26-25-34(27-38(36)39)40(32-21-17-30(18-22-32)28-11-5-3-6-12-28)33-23-19-31(20-24-33)29-13-7-4-8-14-29/h3-27H,1-2H3/i17D,18D,19D,20D,21D,22D,23D,24D. The van der Waals surface area contributed by atoms with Crippen LogP contribution in [0.2, 0.25) is 0 Å². The van der Waals surface area contributed by atoms with Crippen LogP contribution in [0.1, 0.15) is 35.9 Å². The van der Waals surface area contributed by atoms with Crippen LogP contribution in [0, 0.1) is 0 Å². The molecule has 0 bridgehead atoms. The fourth-order valence-corrected chi connectivity index (χ4v) is 5.54. The van der Waals surface area contributed by atoms with Gasteiger partial charge in [0.1, 0.15) is 0 Å². The molecule has 0 aliphatic heterocycles. The van der Waals surface area contributed by atoms with Crippen molar-refractivity contribution in [2.75, 3.05) is 4.90 Å². The lowest BCUT2D eigenvalue weighted by Gasteiger charge is -2.28. The topological polar surface area (TPSA) is 3.24 Å². The summed E-state index contributed by atoms with van der Waals surface area (Å²) in [4.78, 5) is 1.38. The average molecular weight is 522 g/mol. The Morgan fingerprint density at radius 1 is 0.450 bits per heavy atom. The summed E-state index contributed by atoms with van der Waals surface area (Å²) in [6.07, 6.45) is 0. The first-order valence-corrected chi connectivity index (χ1v) is 13.3. The molecule has 1 aliphatic carbocycles. The van der Waals surface area contributed by atoms with Crippen molar-refractivity contribution in [2.24, 2.45) is 0 Å². The molecule has 1 aliphatic rings. The van der Waals surface area contributed by atoms with Crippen LogP contribution in [0.3, 0.4) is 0 Å². The molecule has 0 spiro atoms. The molecule has 40 heavy (non-hydrogen) atoms. The van der Waals surface area contributed by atoms with Gasteiger partial charge in [-0.2, -0.15) is 0 Å². The van der Waals surface area contributed by atoms with Gasteiger partial charge in [0, 0.05) is 22.5 Å². The zero-order valence-electron chi connectivity index (χ0n) is 30.3. The maximum atomic E-state index is 9.27. The highest BCUT2D eigenvalue weighted by atomic mass is 15.1. The monoisotopic (exact) mass is 521 g/mol. The van der Waals surface area contributed by atoms with Crippen LogP contribution in [-0.4, -0.2) is 0 Å². The van der Waals surface area contributed by atoms with Crippen LogP contribution in [0.25, 0.3) is 33.4 Å². The predicted molar refractivity (Wildman–Crippen MR) is 170 cm³/mol. The summed E-state index contributed by atoms with van der Waals surface area (Å²) in [6, 6.07) is 28.9. The van der Waals surface area contributed by atoms with E-state index in [1.165, 1.54) is 4.90 Å². The van der Waals surface area contributed by atoms with Gasteiger partial charge in [-0.15, -0.1) is 0 Å². The molecule has 0 fully saturated rings. The fourth-order valence-electron chi connectivity index (χ4n) is 5.54. The Hall–Kier alpha value is -4.88. The Bertz CT molecular complexity index is 2080. The van der Waals surface area contributed by atoms with Crippen LogP contribution in [-0.2, 0) is 5.41 Å². The van der Waals surface area contributed by atoms with Crippen molar-refractivity contribution in [1.82, 2.24) is 0 Å². The number of benzene rings is 6. The Balaban J connectivity index is 1.55. The van der Waals surface area contributed by atoms with Gasteiger partial charge < -0.3 is 4.90 Å². The van der Waals surface area contributed by atoms with Gasteiger partial charge in [-0.25, -0.2) is 0 Å². The van der Waals surface area contributed by atoms with Crippen molar-refractivity contribution in [1.29, 1.82) is 0 Å². The van der Waals surface area contributed by atoms with Gasteiger partial charge in [0.05, 0.1) is 11.0 Å². The molecule has 1 heteroatoms. The molecule has 7 rings (SSSR count). The molecule has 0 amide bonds. The number of rotatable bonds is 5. The summed E-state index contributed by atoms with van der Waals surface area (Å²) < 4.78 is 73.3. The Morgan fingerprint density at radius 3 is 1.48 bits per heavy atom. The van der Waals surface area contributed by atoms with E-state index in [1.54, 1.807) is 54.6 Å². The highest BCUT2D eigenvalue weighted by Gasteiger charge is 2.35. The van der Waals surface area contributed by atoms with Crippen LogP contribution in [0.4, 0.5) is 17.1 Å². The third-order valence-electron chi connectivity index (χ3n) is 7.62. The molecule has 0 radical (unpaired) electrons. The lowest BCUT2D eigenvalue weighted by atomic mass is 9.82. The van der Waals surface area contributed by atoms with Gasteiger partial charge in [0.2, 0.25) is 0 Å². The number of anilines is 3. The maximum Gasteiger partial charge on any atom is 0.0645 e. The zero-order valence-corrected chi connectivity index (χ0v) is 22.3. The number of nitrogens with zero attached hydrogens (tertiary/aromatic N) is 1. The first-order chi connectivity index (χ1) is 22.9. The Labute approximate surface area is 248 Å². The van der Waals surface area contributed by atoms with Crippen molar-refractivity contribution < 1.29 is 11.0 Å². The number of hydrogen-bond donors (Lipinski definition) is 0. The van der Waals surface area contributed by atoms with Crippen LogP contribution in [0.15, 0.2) is 151 Å². The van der Waals surface area contributed by atoms with Gasteiger partial charge in [-0.05, 0) is 80.8 Å². The molecular weight excluding hydrogens is 482 g/mol. The lowest BCUT2D eigenvalue weighted by molar-refractivity contribution is 0.660. The van der Waals surface area contributed by atoms with Gasteiger partial charge in [-0.3, -0.25) is 0 Å². The molecule has 0 unspecified atom stereocenters. The van der Waals surface area contributed by atoms with Crippen molar-refractivity contribution in [3.8, 4) is 33.4 Å². The molecule has 192 valence electrons. The van der Waals surface area contributed by atoms with Crippen LogP contribution >= 0.6 is 0 Å². The van der Waals surface area contributed by atoms with Gasteiger partial charge in [0.15, 0.2) is 0 Å². The van der Waals surface area contributed by atoms with Crippen LogP contribution in [0.5, 0.6) is 0 Å². The van der Waals surface area contributed by atoms with Crippen molar-refractivity contribution in [3.63, 3.8) is 0 Å². The molecule has 0 atom stereocenters. The highest BCUT2D eigenvalue weighted by molar-refractivity contribution is 5.86. The maximum absolute atomic E-state index is 9.27. The minimum Gasteiger partial charge on any atom is -0.310 e. The molecule has 1 nitrogen and oxygen atoms in total. The van der Waals surface area contributed by atoms with Crippen LogP contribution < -0.4 is 4.90 Å². The SMILES string of the molecule is [2H]c1c([2H])c(N(c2ccc3c(c2)C(C)(C)c2ccccc2-3)c2c([2H])c([2H])c(-c3ccccc3)c([2H])c2[2H])c([2H])c([2H])c1-c1ccccc1. The summed E-state index contributed by atoms with van der Waals surface area (Å²) in [5.41, 5.74) is 5.18. The molecule has 0 heterocycles. The smallest absolute Gasteiger partial charge is 0.0645 e. The fraction of sp³-hybridized carbons (Fsp3) is 0.0769. The van der Waals surface area contributed by atoms with Gasteiger partial charge >= 0.3 is 0 Å².